The van der Waals surface area contributed by atoms with Crippen LogP contribution in [0.1, 0.15) is 22.3 Å². The molecule has 0 radical (unpaired) electrons. The van der Waals surface area contributed by atoms with Crippen LogP contribution in [0, 0.1) is 6.92 Å². The molecule has 2 aromatic carbocycles. The van der Waals surface area contributed by atoms with Gasteiger partial charge in [0.25, 0.3) is 5.91 Å². The largest absolute Gasteiger partial charge is 0.486 e. The molecule has 1 aliphatic heterocycles. The highest BCUT2D eigenvalue weighted by Gasteiger charge is 2.23. The highest BCUT2D eigenvalue weighted by atomic mass is 32.1. The van der Waals surface area contributed by atoms with E-state index in [0.29, 0.717) is 36.8 Å². The number of ether oxygens (including phenoxy) is 2. The maximum Gasteiger partial charge on any atom is 0.260 e. The lowest BCUT2D eigenvalue weighted by Gasteiger charge is -2.23. The molecule has 0 bridgehead atoms. The second-order valence-electron chi connectivity index (χ2n) is 7.44. The zero-order valence-corrected chi connectivity index (χ0v) is 17.8. The van der Waals surface area contributed by atoms with Gasteiger partial charge in [0, 0.05) is 12.1 Å². The predicted molar refractivity (Wildman–Crippen MR) is 117 cm³/mol. The van der Waals surface area contributed by atoms with Crippen molar-refractivity contribution in [2.75, 3.05) is 45.3 Å². The molecule has 6 nitrogen and oxygen atoms in total. The molecule has 1 aliphatic rings. The van der Waals surface area contributed by atoms with Crippen LogP contribution >= 0.6 is 11.3 Å². The first-order chi connectivity index (χ1) is 14.0. The number of amides is 1. The average Bonchev–Trinajstić information content (AvgIpc) is 3.13. The van der Waals surface area contributed by atoms with Gasteiger partial charge >= 0.3 is 0 Å². The summed E-state index contributed by atoms with van der Waals surface area (Å²) in [6.07, 6.45) is 0.859. The summed E-state index contributed by atoms with van der Waals surface area (Å²) in [7, 11) is 4.07. The molecule has 152 valence electrons. The van der Waals surface area contributed by atoms with E-state index < -0.39 is 0 Å². The minimum atomic E-state index is -0.0727. The second kappa shape index (κ2) is 8.39. The lowest BCUT2D eigenvalue weighted by Crippen LogP contribution is -2.33. The summed E-state index contributed by atoms with van der Waals surface area (Å²) in [5, 5.41) is 0.726. The van der Waals surface area contributed by atoms with Crippen molar-refractivity contribution in [3.05, 3.63) is 47.5 Å². The second-order valence-corrected chi connectivity index (χ2v) is 8.45. The van der Waals surface area contributed by atoms with E-state index in [2.05, 4.69) is 17.9 Å². The number of rotatable bonds is 6. The molecule has 0 saturated heterocycles. The third-order valence-electron chi connectivity index (χ3n) is 4.78. The molecule has 0 atom stereocenters. The number of benzene rings is 2. The first-order valence-electron chi connectivity index (χ1n) is 9.75. The summed E-state index contributed by atoms with van der Waals surface area (Å²) in [4.78, 5) is 22.1. The lowest BCUT2D eigenvalue weighted by atomic mass is 10.1. The Kier molecular flexibility index (Phi) is 5.69. The van der Waals surface area contributed by atoms with Crippen LogP contribution in [0.15, 0.2) is 36.4 Å². The smallest absolute Gasteiger partial charge is 0.260 e. The highest BCUT2D eigenvalue weighted by Crippen LogP contribution is 2.33. The number of hydrogen-bond acceptors (Lipinski definition) is 6. The monoisotopic (exact) mass is 411 g/mol. The van der Waals surface area contributed by atoms with E-state index in [1.54, 1.807) is 34.4 Å². The summed E-state index contributed by atoms with van der Waals surface area (Å²) in [5.41, 5.74) is 2.68. The zero-order valence-electron chi connectivity index (χ0n) is 17.0. The SMILES string of the molecule is Cc1ccc2nc(N(CCCN(C)C)C(=O)c3ccc4c(c3)OCCO4)sc2c1. The number of carbonyl (C=O) groups is 1. The molecule has 1 aromatic heterocycles. The number of aryl methyl sites for hydroxylation is 1. The van der Waals surface area contributed by atoms with Crippen molar-refractivity contribution in [1.82, 2.24) is 9.88 Å². The van der Waals surface area contributed by atoms with Crippen LogP contribution < -0.4 is 14.4 Å². The minimum Gasteiger partial charge on any atom is -0.486 e. The van der Waals surface area contributed by atoms with E-state index in [1.165, 1.54) is 5.56 Å². The molecule has 0 unspecified atom stereocenters. The molecule has 0 N–H and O–H groups in total. The molecule has 0 fully saturated rings. The van der Waals surface area contributed by atoms with Crippen molar-refractivity contribution < 1.29 is 14.3 Å². The van der Waals surface area contributed by atoms with Gasteiger partial charge in [-0.15, -0.1) is 0 Å². The normalized spacial score (nSPS) is 13.1. The number of fused-ring (bicyclic) bond motifs is 2. The Labute approximate surface area is 174 Å². The van der Waals surface area contributed by atoms with Crippen molar-refractivity contribution in [3.63, 3.8) is 0 Å². The van der Waals surface area contributed by atoms with Crippen LogP contribution in [0.3, 0.4) is 0 Å². The maximum atomic E-state index is 13.4. The standard InChI is InChI=1S/C22H25N3O3S/c1-15-5-7-17-20(13-15)29-22(23-17)25(10-4-9-24(2)3)21(26)16-6-8-18-19(14-16)28-12-11-27-18/h5-8,13-14H,4,9-12H2,1-3H3. The molecule has 3 aromatic rings. The number of nitrogens with zero attached hydrogens (tertiary/aromatic N) is 3. The summed E-state index contributed by atoms with van der Waals surface area (Å²) >= 11 is 1.55. The van der Waals surface area contributed by atoms with Crippen molar-refractivity contribution in [2.24, 2.45) is 0 Å². The minimum absolute atomic E-state index is 0.0727. The third kappa shape index (κ3) is 4.36. The van der Waals surface area contributed by atoms with E-state index in [4.69, 9.17) is 14.5 Å². The van der Waals surface area contributed by atoms with Crippen LogP contribution in [0.25, 0.3) is 10.2 Å². The molecule has 7 heteroatoms. The van der Waals surface area contributed by atoms with Gasteiger partial charge in [-0.1, -0.05) is 17.4 Å². The van der Waals surface area contributed by atoms with E-state index in [0.717, 1.165) is 28.3 Å². The van der Waals surface area contributed by atoms with Gasteiger partial charge in [0.05, 0.1) is 10.2 Å². The number of hydrogen-bond donors (Lipinski definition) is 0. The zero-order chi connectivity index (χ0) is 20.4. The quantitative estimate of drug-likeness (QED) is 0.614. The van der Waals surface area contributed by atoms with Gasteiger partial charge in [-0.3, -0.25) is 9.69 Å². The van der Waals surface area contributed by atoms with Gasteiger partial charge in [0.2, 0.25) is 0 Å². The topological polar surface area (TPSA) is 54.9 Å². The van der Waals surface area contributed by atoms with Gasteiger partial charge in [-0.2, -0.15) is 0 Å². The van der Waals surface area contributed by atoms with Crippen LogP contribution in [-0.4, -0.2) is 56.2 Å². The van der Waals surface area contributed by atoms with Crippen molar-refractivity contribution in [1.29, 1.82) is 0 Å². The fourth-order valence-corrected chi connectivity index (χ4v) is 4.38. The van der Waals surface area contributed by atoms with Crippen molar-refractivity contribution >= 4 is 32.6 Å². The number of thiazole rings is 1. The number of aromatic nitrogens is 1. The summed E-state index contributed by atoms with van der Waals surface area (Å²) < 4.78 is 12.3. The maximum absolute atomic E-state index is 13.4. The fraction of sp³-hybridized carbons (Fsp3) is 0.364. The summed E-state index contributed by atoms with van der Waals surface area (Å²) in [6, 6.07) is 11.5. The highest BCUT2D eigenvalue weighted by molar-refractivity contribution is 7.22. The Bertz CT molecular complexity index is 1030. The van der Waals surface area contributed by atoms with E-state index in [1.807, 2.05) is 26.2 Å². The lowest BCUT2D eigenvalue weighted by molar-refractivity contribution is 0.0984. The summed E-state index contributed by atoms with van der Waals surface area (Å²) in [5.74, 6) is 1.23. The molecule has 29 heavy (non-hydrogen) atoms. The van der Waals surface area contributed by atoms with Gasteiger partial charge in [0.1, 0.15) is 13.2 Å². The van der Waals surface area contributed by atoms with Crippen LogP contribution in [0.5, 0.6) is 11.5 Å². The van der Waals surface area contributed by atoms with Gasteiger partial charge in [-0.05, 0) is 69.9 Å². The fourth-order valence-electron chi connectivity index (χ4n) is 3.30. The van der Waals surface area contributed by atoms with Crippen molar-refractivity contribution in [3.8, 4) is 11.5 Å². The van der Waals surface area contributed by atoms with Crippen molar-refractivity contribution in [2.45, 2.75) is 13.3 Å². The van der Waals surface area contributed by atoms with E-state index in [9.17, 15) is 4.79 Å². The molecular formula is C22H25N3O3S. The van der Waals surface area contributed by atoms with Crippen LogP contribution in [0.2, 0.25) is 0 Å². The molecular weight excluding hydrogens is 386 g/mol. The first kappa shape index (κ1) is 19.7. The Balaban J connectivity index is 1.66. The molecule has 4 rings (SSSR count). The Morgan fingerprint density at radius 1 is 1.07 bits per heavy atom. The number of carbonyl (C=O) groups excluding carboxylic acids is 1. The molecule has 1 amide bonds. The summed E-state index contributed by atoms with van der Waals surface area (Å²) in [6.45, 7) is 4.59. The Morgan fingerprint density at radius 3 is 2.66 bits per heavy atom. The first-order valence-corrected chi connectivity index (χ1v) is 10.6. The van der Waals surface area contributed by atoms with Gasteiger partial charge < -0.3 is 14.4 Å². The van der Waals surface area contributed by atoms with Crippen LogP contribution in [-0.2, 0) is 0 Å². The molecule has 2 heterocycles. The van der Waals surface area contributed by atoms with E-state index >= 15 is 0 Å². The predicted octanol–water partition coefficient (Wildman–Crippen LogP) is 3.97. The Hall–Kier alpha value is -2.64. The molecule has 0 spiro atoms. The Morgan fingerprint density at radius 2 is 1.86 bits per heavy atom. The van der Waals surface area contributed by atoms with Crippen LogP contribution in [0.4, 0.5) is 5.13 Å². The number of anilines is 1. The van der Waals surface area contributed by atoms with E-state index in [-0.39, 0.29) is 5.91 Å². The molecule has 0 aliphatic carbocycles. The van der Waals surface area contributed by atoms with Gasteiger partial charge in [-0.25, -0.2) is 4.98 Å². The third-order valence-corrected chi connectivity index (χ3v) is 5.83. The average molecular weight is 412 g/mol. The van der Waals surface area contributed by atoms with Gasteiger partial charge in [0.15, 0.2) is 16.6 Å². The molecule has 0 saturated carbocycles.